The molecule has 4 nitrogen and oxygen atoms in total. The van der Waals surface area contributed by atoms with E-state index in [4.69, 9.17) is 9.40 Å². The van der Waals surface area contributed by atoms with Crippen LogP contribution in [0.25, 0.3) is 27.9 Å². The zero-order chi connectivity index (χ0) is 16.8. The van der Waals surface area contributed by atoms with Crippen molar-refractivity contribution in [2.24, 2.45) is 0 Å². The van der Waals surface area contributed by atoms with E-state index in [0.717, 1.165) is 40.0 Å². The highest BCUT2D eigenvalue weighted by Crippen LogP contribution is 2.37. The highest BCUT2D eigenvalue weighted by molar-refractivity contribution is 5.98. The van der Waals surface area contributed by atoms with Gasteiger partial charge in [0.1, 0.15) is 5.76 Å². The van der Waals surface area contributed by atoms with Gasteiger partial charge in [-0.3, -0.25) is 4.98 Å². The molecule has 0 atom stereocenters. The molecule has 4 aromatic rings. The van der Waals surface area contributed by atoms with Crippen LogP contribution >= 0.6 is 0 Å². The number of rotatable bonds is 2. The van der Waals surface area contributed by atoms with Gasteiger partial charge in [-0.1, -0.05) is 6.08 Å². The molecule has 0 amide bonds. The molecule has 0 fully saturated rings. The van der Waals surface area contributed by atoms with E-state index in [9.17, 15) is 0 Å². The van der Waals surface area contributed by atoms with E-state index in [1.54, 1.807) is 12.5 Å². The third-order valence-electron chi connectivity index (χ3n) is 4.73. The van der Waals surface area contributed by atoms with Crippen molar-refractivity contribution in [3.63, 3.8) is 0 Å². The number of aromatic nitrogens is 3. The van der Waals surface area contributed by atoms with Gasteiger partial charge in [0, 0.05) is 29.5 Å². The molecule has 0 N–H and O–H groups in total. The van der Waals surface area contributed by atoms with Crippen molar-refractivity contribution in [2.45, 2.75) is 13.3 Å². The van der Waals surface area contributed by atoms with Gasteiger partial charge in [0.2, 0.25) is 0 Å². The summed E-state index contributed by atoms with van der Waals surface area (Å²) in [5.74, 6) is 0.860. The van der Waals surface area contributed by atoms with Crippen LogP contribution in [0, 0.1) is 6.92 Å². The van der Waals surface area contributed by atoms with Gasteiger partial charge in [-0.05, 0) is 65.9 Å². The minimum atomic E-state index is 0.749. The van der Waals surface area contributed by atoms with Crippen LogP contribution in [0.4, 0.5) is 0 Å². The molecule has 1 aliphatic carbocycles. The smallest absolute Gasteiger partial charge is 0.160 e. The molecular weight excluding hydrogens is 310 g/mol. The van der Waals surface area contributed by atoms with Crippen LogP contribution in [0.15, 0.2) is 65.7 Å². The minimum absolute atomic E-state index is 0.749. The number of fused-ring (bicyclic) bond motifs is 2. The van der Waals surface area contributed by atoms with Crippen molar-refractivity contribution in [1.82, 2.24) is 15.0 Å². The first-order valence-corrected chi connectivity index (χ1v) is 8.25. The fourth-order valence-electron chi connectivity index (χ4n) is 3.50. The Bertz CT molecular complexity index is 1140. The lowest BCUT2D eigenvalue weighted by molar-refractivity contribution is 0.535. The summed E-state index contributed by atoms with van der Waals surface area (Å²) >= 11 is 0. The first kappa shape index (κ1) is 14.1. The average Bonchev–Trinajstić information content (AvgIpc) is 3.27. The van der Waals surface area contributed by atoms with Crippen LogP contribution in [0.3, 0.4) is 0 Å². The van der Waals surface area contributed by atoms with Gasteiger partial charge in [0.25, 0.3) is 0 Å². The van der Waals surface area contributed by atoms with Crippen LogP contribution in [0.2, 0.25) is 0 Å². The third-order valence-corrected chi connectivity index (χ3v) is 4.73. The van der Waals surface area contributed by atoms with Crippen LogP contribution in [-0.2, 0) is 6.42 Å². The molecule has 4 heterocycles. The minimum Gasteiger partial charge on any atom is -0.469 e. The van der Waals surface area contributed by atoms with E-state index in [1.807, 2.05) is 31.5 Å². The number of aryl methyl sites for hydroxylation is 1. The molecule has 0 unspecified atom stereocenters. The molecule has 0 saturated heterocycles. The molecule has 0 aliphatic heterocycles. The lowest BCUT2D eigenvalue weighted by Gasteiger charge is -2.11. The van der Waals surface area contributed by atoms with E-state index in [0.29, 0.717) is 0 Å². The molecule has 4 aromatic heterocycles. The van der Waals surface area contributed by atoms with Crippen molar-refractivity contribution >= 4 is 16.6 Å². The average molecular weight is 325 g/mol. The quantitative estimate of drug-likeness (QED) is 0.541. The summed E-state index contributed by atoms with van der Waals surface area (Å²) in [6.45, 7) is 1.95. The second-order valence-electron chi connectivity index (χ2n) is 6.17. The predicted octanol–water partition coefficient (Wildman–Crippen LogP) is 4.58. The van der Waals surface area contributed by atoms with Crippen molar-refractivity contribution in [3.05, 3.63) is 83.7 Å². The molecule has 0 spiro atoms. The normalized spacial score (nSPS) is 13.1. The first-order chi connectivity index (χ1) is 12.3. The Morgan fingerprint density at radius 3 is 2.88 bits per heavy atom. The maximum atomic E-state index is 5.47. The molecule has 0 saturated carbocycles. The van der Waals surface area contributed by atoms with Crippen molar-refractivity contribution < 1.29 is 4.42 Å². The number of hydrogen-bond acceptors (Lipinski definition) is 4. The van der Waals surface area contributed by atoms with Gasteiger partial charge in [0.05, 0.1) is 12.0 Å². The Morgan fingerprint density at radius 1 is 1.04 bits per heavy atom. The fraction of sp³-hybridized carbons (Fsp3) is 0.0952. The molecule has 4 heteroatoms. The standard InChI is InChI=1S/C21H15N3O/c1-13-15(7-10-25-13)20-11-19(18-3-2-8-23-21(18)24-20)17-5-4-14-12-22-9-6-16(14)17/h2-3,5-12H,4H2,1H3. The van der Waals surface area contributed by atoms with E-state index in [2.05, 4.69) is 34.2 Å². The molecule has 0 bridgehead atoms. The SMILES string of the molecule is Cc1occc1-c1cc(C2=CCc3cnccc32)c2cccnc2n1. The van der Waals surface area contributed by atoms with Crippen LogP contribution < -0.4 is 0 Å². The molecule has 0 aromatic carbocycles. The monoisotopic (exact) mass is 325 g/mol. The Hall–Kier alpha value is -3.27. The van der Waals surface area contributed by atoms with Crippen LogP contribution in [0.1, 0.15) is 22.5 Å². The predicted molar refractivity (Wildman–Crippen MR) is 97.0 cm³/mol. The Balaban J connectivity index is 1.79. The molecule has 5 rings (SSSR count). The number of nitrogens with zero attached hydrogens (tertiary/aromatic N) is 3. The van der Waals surface area contributed by atoms with Gasteiger partial charge in [-0.2, -0.15) is 0 Å². The summed E-state index contributed by atoms with van der Waals surface area (Å²) in [6.07, 6.45) is 10.4. The molecule has 0 radical (unpaired) electrons. The topological polar surface area (TPSA) is 51.8 Å². The lowest BCUT2D eigenvalue weighted by Crippen LogP contribution is -1.95. The van der Waals surface area contributed by atoms with E-state index < -0.39 is 0 Å². The summed E-state index contributed by atoms with van der Waals surface area (Å²) in [7, 11) is 0. The maximum absolute atomic E-state index is 5.47. The number of pyridine rings is 3. The lowest BCUT2D eigenvalue weighted by atomic mass is 9.96. The summed E-state index contributed by atoms with van der Waals surface area (Å²) in [5, 5.41) is 1.06. The summed E-state index contributed by atoms with van der Waals surface area (Å²) < 4.78 is 5.47. The Morgan fingerprint density at radius 2 is 2.00 bits per heavy atom. The van der Waals surface area contributed by atoms with Gasteiger partial charge in [-0.25, -0.2) is 9.97 Å². The van der Waals surface area contributed by atoms with Gasteiger partial charge in [-0.15, -0.1) is 0 Å². The van der Waals surface area contributed by atoms with Gasteiger partial charge >= 0.3 is 0 Å². The summed E-state index contributed by atoms with van der Waals surface area (Å²) in [6, 6.07) is 10.2. The van der Waals surface area contributed by atoms with Crippen molar-refractivity contribution in [3.8, 4) is 11.3 Å². The van der Waals surface area contributed by atoms with E-state index in [-0.39, 0.29) is 0 Å². The number of hydrogen-bond donors (Lipinski definition) is 0. The molecular formula is C21H15N3O. The van der Waals surface area contributed by atoms with E-state index >= 15 is 0 Å². The zero-order valence-electron chi connectivity index (χ0n) is 13.7. The van der Waals surface area contributed by atoms with Gasteiger partial charge < -0.3 is 4.42 Å². The molecule has 1 aliphatic rings. The Kier molecular flexibility index (Phi) is 3.04. The molecule has 120 valence electrons. The zero-order valence-corrected chi connectivity index (χ0v) is 13.7. The van der Waals surface area contributed by atoms with Crippen molar-refractivity contribution in [1.29, 1.82) is 0 Å². The Labute approximate surface area is 144 Å². The molecule has 25 heavy (non-hydrogen) atoms. The summed E-state index contributed by atoms with van der Waals surface area (Å²) in [4.78, 5) is 13.5. The van der Waals surface area contributed by atoms with Gasteiger partial charge in [0.15, 0.2) is 5.65 Å². The second-order valence-corrected chi connectivity index (χ2v) is 6.17. The number of furan rings is 1. The van der Waals surface area contributed by atoms with E-state index in [1.165, 1.54) is 16.7 Å². The van der Waals surface area contributed by atoms with Crippen molar-refractivity contribution in [2.75, 3.05) is 0 Å². The van der Waals surface area contributed by atoms with Crippen LogP contribution in [0.5, 0.6) is 0 Å². The largest absolute Gasteiger partial charge is 0.469 e. The second kappa shape index (κ2) is 5.38. The fourth-order valence-corrected chi connectivity index (χ4v) is 3.50. The first-order valence-electron chi connectivity index (χ1n) is 8.25. The highest BCUT2D eigenvalue weighted by Gasteiger charge is 2.20. The number of allylic oxidation sites excluding steroid dienone is 1. The highest BCUT2D eigenvalue weighted by atomic mass is 16.3. The van der Waals surface area contributed by atoms with Crippen LogP contribution in [-0.4, -0.2) is 15.0 Å². The third kappa shape index (κ3) is 2.18. The maximum Gasteiger partial charge on any atom is 0.160 e. The summed E-state index contributed by atoms with van der Waals surface area (Å²) in [5.41, 5.74) is 7.50.